The number of methoxy groups -OCH3 is 2. The van der Waals surface area contributed by atoms with Crippen LogP contribution in [0.5, 0.6) is 11.5 Å². The third-order valence-corrected chi connectivity index (χ3v) is 6.05. The number of imidazole rings is 1. The molecule has 0 bridgehead atoms. The van der Waals surface area contributed by atoms with Crippen LogP contribution in [0.15, 0.2) is 60.1 Å². The number of nitrogens with one attached hydrogen (secondary N) is 2. The summed E-state index contributed by atoms with van der Waals surface area (Å²) < 4.78 is 10.8. The molecule has 182 valence electrons. The van der Waals surface area contributed by atoms with E-state index in [2.05, 4.69) is 22.2 Å². The number of hydrazone groups is 1. The van der Waals surface area contributed by atoms with Crippen LogP contribution in [-0.2, 0) is 11.2 Å². The van der Waals surface area contributed by atoms with E-state index in [1.54, 1.807) is 25.4 Å². The highest BCUT2D eigenvalue weighted by Crippen LogP contribution is 2.31. The van der Waals surface area contributed by atoms with Gasteiger partial charge in [-0.3, -0.25) is 9.59 Å². The van der Waals surface area contributed by atoms with Crippen LogP contribution >= 0.6 is 0 Å². The van der Waals surface area contributed by atoms with Crippen molar-refractivity contribution >= 4 is 23.2 Å². The van der Waals surface area contributed by atoms with Gasteiger partial charge in [0.1, 0.15) is 5.69 Å². The molecule has 2 heterocycles. The average Bonchev–Trinajstić information content (AvgIpc) is 3.43. The molecule has 2 N–H and O–H groups in total. The molecule has 0 radical (unpaired) electrons. The van der Waals surface area contributed by atoms with Gasteiger partial charge in [-0.2, -0.15) is 5.10 Å². The summed E-state index contributed by atoms with van der Waals surface area (Å²) >= 11 is 0. The minimum atomic E-state index is -0.277. The van der Waals surface area contributed by atoms with Crippen molar-refractivity contribution in [1.82, 2.24) is 15.0 Å². The summed E-state index contributed by atoms with van der Waals surface area (Å²) in [6.45, 7) is 2.53. The topological polar surface area (TPSA) is 109 Å². The van der Waals surface area contributed by atoms with Crippen LogP contribution in [0.1, 0.15) is 41.4 Å². The fourth-order valence-corrected chi connectivity index (χ4v) is 4.05. The minimum absolute atomic E-state index is 0.0176. The Balaban J connectivity index is 1.45. The first kappa shape index (κ1) is 24.0. The summed E-state index contributed by atoms with van der Waals surface area (Å²) in [5, 5.41) is 9.12. The quantitative estimate of drug-likeness (QED) is 0.488. The zero-order valence-electron chi connectivity index (χ0n) is 20.1. The van der Waals surface area contributed by atoms with Crippen LogP contribution in [0.4, 0.5) is 5.69 Å². The minimum Gasteiger partial charge on any atom is -0.493 e. The molecular formula is C26H29N5O4. The largest absolute Gasteiger partial charge is 0.493 e. The first-order valence-electron chi connectivity index (χ1n) is 11.5. The summed E-state index contributed by atoms with van der Waals surface area (Å²) in [6.07, 6.45) is 4.87. The van der Waals surface area contributed by atoms with E-state index in [1.165, 1.54) is 6.33 Å². The number of benzene rings is 2. The molecule has 9 heteroatoms. The van der Waals surface area contributed by atoms with Crippen molar-refractivity contribution in [3.63, 3.8) is 0 Å². The van der Waals surface area contributed by atoms with E-state index in [0.29, 0.717) is 42.3 Å². The van der Waals surface area contributed by atoms with Crippen molar-refractivity contribution in [3.05, 3.63) is 71.8 Å². The summed E-state index contributed by atoms with van der Waals surface area (Å²) in [4.78, 5) is 31.6. The van der Waals surface area contributed by atoms with Gasteiger partial charge >= 0.3 is 0 Å². The second kappa shape index (κ2) is 10.9. The Morgan fingerprint density at radius 2 is 1.91 bits per heavy atom. The second-order valence-electron chi connectivity index (χ2n) is 8.24. The predicted octanol–water partition coefficient (Wildman–Crippen LogP) is 3.88. The highest BCUT2D eigenvalue weighted by atomic mass is 16.5. The number of ether oxygens (including phenoxy) is 2. The van der Waals surface area contributed by atoms with E-state index in [4.69, 9.17) is 14.6 Å². The van der Waals surface area contributed by atoms with Crippen molar-refractivity contribution in [2.24, 2.45) is 11.0 Å². The number of H-pyrrole nitrogens is 1. The number of hydrogen-bond acceptors (Lipinski definition) is 6. The SMILES string of the molecule is CCC1CC(=O)N(CCc2ccc(NC(=O)c3c[nH]cn3)cc2)N=C1c1ccc(OC)c(OC)c1. The van der Waals surface area contributed by atoms with Crippen LogP contribution in [-0.4, -0.2) is 53.3 Å². The molecule has 3 aromatic rings. The van der Waals surface area contributed by atoms with E-state index >= 15 is 0 Å². The molecule has 2 aromatic carbocycles. The molecule has 0 saturated heterocycles. The zero-order chi connectivity index (χ0) is 24.8. The molecule has 1 aromatic heterocycles. The predicted molar refractivity (Wildman–Crippen MR) is 133 cm³/mol. The van der Waals surface area contributed by atoms with E-state index in [1.807, 2.05) is 42.5 Å². The van der Waals surface area contributed by atoms with Crippen molar-refractivity contribution in [2.75, 3.05) is 26.1 Å². The molecule has 4 rings (SSSR count). The molecule has 2 amide bonds. The number of nitrogens with zero attached hydrogens (tertiary/aromatic N) is 3. The molecule has 0 fully saturated rings. The van der Waals surface area contributed by atoms with E-state index in [-0.39, 0.29) is 17.7 Å². The summed E-state index contributed by atoms with van der Waals surface area (Å²) in [5.41, 5.74) is 3.84. The number of hydrogen-bond donors (Lipinski definition) is 2. The van der Waals surface area contributed by atoms with Crippen LogP contribution in [0.2, 0.25) is 0 Å². The summed E-state index contributed by atoms with van der Waals surface area (Å²) in [7, 11) is 3.20. The van der Waals surface area contributed by atoms with Gasteiger partial charge in [0.05, 0.1) is 26.3 Å². The molecule has 1 unspecified atom stereocenters. The Labute approximate surface area is 204 Å². The highest BCUT2D eigenvalue weighted by Gasteiger charge is 2.29. The van der Waals surface area contributed by atoms with Gasteiger partial charge in [-0.1, -0.05) is 19.1 Å². The monoisotopic (exact) mass is 475 g/mol. The Hall–Kier alpha value is -4.14. The van der Waals surface area contributed by atoms with Crippen molar-refractivity contribution < 1.29 is 19.1 Å². The number of anilines is 1. The maximum Gasteiger partial charge on any atom is 0.275 e. The Kier molecular flexibility index (Phi) is 7.45. The van der Waals surface area contributed by atoms with Gasteiger partial charge in [0.25, 0.3) is 5.91 Å². The van der Waals surface area contributed by atoms with Crippen LogP contribution in [0.3, 0.4) is 0 Å². The molecule has 0 spiro atoms. The highest BCUT2D eigenvalue weighted by molar-refractivity contribution is 6.06. The number of amides is 2. The van der Waals surface area contributed by atoms with E-state index in [9.17, 15) is 9.59 Å². The second-order valence-corrected chi connectivity index (χ2v) is 8.24. The maximum atomic E-state index is 12.8. The van der Waals surface area contributed by atoms with Crippen LogP contribution < -0.4 is 14.8 Å². The standard InChI is InChI=1S/C26H29N5O4/c1-4-18-14-24(32)31(30-25(18)19-7-10-22(34-2)23(13-19)35-3)12-11-17-5-8-20(9-6-17)29-26(33)21-15-27-16-28-21/h5-10,13,15-16,18H,4,11-12,14H2,1-3H3,(H,27,28)(H,29,33). The number of aromatic nitrogens is 2. The normalized spacial score (nSPS) is 15.5. The maximum absolute atomic E-state index is 12.8. The molecular weight excluding hydrogens is 446 g/mol. The molecule has 9 nitrogen and oxygen atoms in total. The van der Waals surface area contributed by atoms with Gasteiger partial charge in [-0.25, -0.2) is 9.99 Å². The lowest BCUT2D eigenvalue weighted by molar-refractivity contribution is -0.132. The lowest BCUT2D eigenvalue weighted by Crippen LogP contribution is -2.38. The fraction of sp³-hybridized carbons (Fsp3) is 0.308. The molecule has 1 atom stereocenters. The average molecular weight is 476 g/mol. The van der Waals surface area contributed by atoms with Gasteiger partial charge in [0.15, 0.2) is 11.5 Å². The first-order chi connectivity index (χ1) is 17.0. The van der Waals surface area contributed by atoms with Crippen molar-refractivity contribution in [2.45, 2.75) is 26.2 Å². The van der Waals surface area contributed by atoms with E-state index < -0.39 is 0 Å². The lowest BCUT2D eigenvalue weighted by atomic mass is 9.89. The molecule has 0 saturated carbocycles. The molecule has 1 aliphatic rings. The van der Waals surface area contributed by atoms with Gasteiger partial charge in [-0.05, 0) is 48.7 Å². The Morgan fingerprint density at radius 1 is 1.14 bits per heavy atom. The third kappa shape index (κ3) is 5.51. The van der Waals surface area contributed by atoms with Crippen molar-refractivity contribution in [1.29, 1.82) is 0 Å². The summed E-state index contributed by atoms with van der Waals surface area (Å²) in [5.74, 6) is 1.07. The lowest BCUT2D eigenvalue weighted by Gasteiger charge is -2.29. The Morgan fingerprint density at radius 3 is 2.57 bits per heavy atom. The van der Waals surface area contributed by atoms with Crippen LogP contribution in [0, 0.1) is 5.92 Å². The van der Waals surface area contributed by atoms with Crippen LogP contribution in [0.25, 0.3) is 0 Å². The van der Waals surface area contributed by atoms with Gasteiger partial charge in [0, 0.05) is 36.3 Å². The molecule has 35 heavy (non-hydrogen) atoms. The number of rotatable bonds is 9. The van der Waals surface area contributed by atoms with Gasteiger partial charge in [0.2, 0.25) is 5.91 Å². The smallest absolute Gasteiger partial charge is 0.275 e. The van der Waals surface area contributed by atoms with Gasteiger partial charge in [-0.15, -0.1) is 0 Å². The van der Waals surface area contributed by atoms with E-state index in [0.717, 1.165) is 23.3 Å². The first-order valence-corrected chi connectivity index (χ1v) is 11.5. The third-order valence-electron chi connectivity index (χ3n) is 6.05. The number of aromatic amines is 1. The fourth-order valence-electron chi connectivity index (χ4n) is 4.05. The molecule has 1 aliphatic heterocycles. The summed E-state index contributed by atoms with van der Waals surface area (Å²) in [6, 6.07) is 13.3. The number of carbonyl (C=O) groups excluding carboxylic acids is 2. The Bertz CT molecular complexity index is 1200. The zero-order valence-corrected chi connectivity index (χ0v) is 20.1. The van der Waals surface area contributed by atoms with Crippen molar-refractivity contribution in [3.8, 4) is 11.5 Å². The number of carbonyl (C=O) groups is 2. The van der Waals surface area contributed by atoms with Gasteiger partial charge < -0.3 is 19.8 Å². The molecule has 0 aliphatic carbocycles.